The van der Waals surface area contributed by atoms with Crippen LogP contribution in [0.15, 0.2) is 65.8 Å². The number of halogens is 1. The summed E-state index contributed by atoms with van der Waals surface area (Å²) in [4.78, 5) is 31.8. The lowest BCUT2D eigenvalue weighted by molar-refractivity contribution is 0.0579. The Balaban J connectivity index is 1.80. The summed E-state index contributed by atoms with van der Waals surface area (Å²) in [5, 5.41) is 9.46. The third-order valence-corrected chi connectivity index (χ3v) is 9.54. The Bertz CT molecular complexity index is 1590. The van der Waals surface area contributed by atoms with E-state index in [0.717, 1.165) is 5.56 Å². The van der Waals surface area contributed by atoms with Gasteiger partial charge in [0.25, 0.3) is 10.0 Å². The van der Waals surface area contributed by atoms with Gasteiger partial charge in [-0.3, -0.25) is 19.3 Å². The molecule has 0 spiro atoms. The Labute approximate surface area is 227 Å². The number of nitrogens with one attached hydrogen (secondary N) is 1. The van der Waals surface area contributed by atoms with E-state index in [1.165, 1.54) is 24.3 Å². The summed E-state index contributed by atoms with van der Waals surface area (Å²) in [6.07, 6.45) is 3.20. The van der Waals surface area contributed by atoms with Crippen LogP contribution < -0.4 is 4.72 Å². The highest BCUT2D eigenvalue weighted by Crippen LogP contribution is 2.51. The molecule has 0 aliphatic heterocycles. The van der Waals surface area contributed by atoms with Crippen molar-refractivity contribution in [3.8, 4) is 6.07 Å². The van der Waals surface area contributed by atoms with Crippen LogP contribution in [-0.4, -0.2) is 25.0 Å². The number of sulfonamides is 1. The van der Waals surface area contributed by atoms with Crippen LogP contribution in [0, 0.1) is 16.7 Å². The van der Waals surface area contributed by atoms with E-state index in [1.807, 2.05) is 19.9 Å². The standard InChI is InChI=1S/C29H28ClN3O4S/c1-27(2,17-31)18-8-10-20(11-9-18)38(36,37)33-22-13-12-21(30)24-23(34)15-29(5,26(35)25(22)24)28(3,4)19-7-6-14-32-16-19/h6-14,16,33H,15H2,1-5H3. The topological polar surface area (TPSA) is 117 Å². The van der Waals surface area contributed by atoms with Gasteiger partial charge in [0, 0.05) is 35.2 Å². The van der Waals surface area contributed by atoms with Crippen molar-refractivity contribution in [2.75, 3.05) is 4.72 Å². The molecule has 2 aromatic carbocycles. The van der Waals surface area contributed by atoms with Crippen molar-refractivity contribution in [3.63, 3.8) is 0 Å². The van der Waals surface area contributed by atoms with Crippen LogP contribution in [0.4, 0.5) is 5.69 Å². The fourth-order valence-electron chi connectivity index (χ4n) is 4.81. The summed E-state index contributed by atoms with van der Waals surface area (Å²) in [6.45, 7) is 8.94. The third kappa shape index (κ3) is 4.40. The maximum absolute atomic E-state index is 14.2. The molecule has 0 amide bonds. The van der Waals surface area contributed by atoms with Crippen molar-refractivity contribution in [2.24, 2.45) is 5.41 Å². The second-order valence-electron chi connectivity index (χ2n) is 10.8. The Morgan fingerprint density at radius 3 is 2.24 bits per heavy atom. The molecule has 38 heavy (non-hydrogen) atoms. The molecule has 0 radical (unpaired) electrons. The zero-order valence-electron chi connectivity index (χ0n) is 21.8. The Kier molecular flexibility index (Phi) is 6.75. The highest BCUT2D eigenvalue weighted by atomic mass is 35.5. The lowest BCUT2D eigenvalue weighted by atomic mass is 9.55. The number of pyridine rings is 1. The number of nitrogens with zero attached hydrogens (tertiary/aromatic N) is 2. The van der Waals surface area contributed by atoms with Crippen molar-refractivity contribution in [1.29, 1.82) is 5.26 Å². The van der Waals surface area contributed by atoms with E-state index in [4.69, 9.17) is 11.6 Å². The van der Waals surface area contributed by atoms with Gasteiger partial charge in [0.2, 0.25) is 0 Å². The van der Waals surface area contributed by atoms with Gasteiger partial charge in [-0.2, -0.15) is 5.26 Å². The number of hydrogen-bond acceptors (Lipinski definition) is 6. The molecule has 196 valence electrons. The zero-order chi connectivity index (χ0) is 28.1. The highest BCUT2D eigenvalue weighted by Gasteiger charge is 2.54. The number of ketones is 2. The van der Waals surface area contributed by atoms with E-state index < -0.39 is 26.3 Å². The van der Waals surface area contributed by atoms with E-state index in [1.54, 1.807) is 51.4 Å². The Morgan fingerprint density at radius 1 is 1.00 bits per heavy atom. The molecule has 3 aromatic rings. The first kappa shape index (κ1) is 27.5. The van der Waals surface area contributed by atoms with Crippen LogP contribution in [0.1, 0.15) is 72.9 Å². The van der Waals surface area contributed by atoms with Gasteiger partial charge in [-0.25, -0.2) is 8.42 Å². The molecule has 1 aliphatic rings. The minimum absolute atomic E-state index is 0.0162. The minimum atomic E-state index is -4.14. The molecular weight excluding hydrogens is 522 g/mol. The van der Waals surface area contributed by atoms with Crippen LogP contribution in [0.3, 0.4) is 0 Å². The predicted octanol–water partition coefficient (Wildman–Crippen LogP) is 6.09. The quantitative estimate of drug-likeness (QED) is 0.397. The van der Waals surface area contributed by atoms with Crippen molar-refractivity contribution < 1.29 is 18.0 Å². The molecule has 1 aliphatic carbocycles. The molecule has 0 saturated heterocycles. The van der Waals surface area contributed by atoms with Crippen LogP contribution in [-0.2, 0) is 20.9 Å². The lowest BCUT2D eigenvalue weighted by Gasteiger charge is -2.45. The summed E-state index contributed by atoms with van der Waals surface area (Å²) in [5.41, 5.74) is -1.40. The van der Waals surface area contributed by atoms with Gasteiger partial charge in [0.1, 0.15) is 0 Å². The SMILES string of the molecule is CC(C)(C#N)c1ccc(S(=O)(=O)Nc2ccc(Cl)c3c2C(=O)C(C)(C(C)(C)c2cccnc2)CC3=O)cc1. The van der Waals surface area contributed by atoms with Crippen LogP contribution in [0.5, 0.6) is 0 Å². The monoisotopic (exact) mass is 549 g/mol. The maximum atomic E-state index is 14.2. The van der Waals surface area contributed by atoms with Crippen molar-refractivity contribution in [2.45, 2.75) is 56.8 Å². The van der Waals surface area contributed by atoms with Crippen molar-refractivity contribution in [1.82, 2.24) is 4.98 Å². The van der Waals surface area contributed by atoms with Gasteiger partial charge in [0.15, 0.2) is 11.6 Å². The minimum Gasteiger partial charge on any atom is -0.294 e. The molecule has 0 bridgehead atoms. The van der Waals surface area contributed by atoms with Gasteiger partial charge in [-0.1, -0.05) is 50.6 Å². The average Bonchev–Trinajstić information content (AvgIpc) is 2.88. The molecule has 0 saturated carbocycles. The Morgan fingerprint density at radius 2 is 1.66 bits per heavy atom. The summed E-state index contributed by atoms with van der Waals surface area (Å²) >= 11 is 6.37. The van der Waals surface area contributed by atoms with Gasteiger partial charge < -0.3 is 0 Å². The second kappa shape index (κ2) is 9.33. The van der Waals surface area contributed by atoms with E-state index in [0.29, 0.717) is 5.56 Å². The normalized spacial score (nSPS) is 18.0. The lowest BCUT2D eigenvalue weighted by Crippen LogP contribution is -2.50. The number of anilines is 1. The first-order valence-electron chi connectivity index (χ1n) is 12.0. The smallest absolute Gasteiger partial charge is 0.261 e. The fraction of sp³-hybridized carbons (Fsp3) is 0.310. The highest BCUT2D eigenvalue weighted by molar-refractivity contribution is 7.92. The maximum Gasteiger partial charge on any atom is 0.261 e. The van der Waals surface area contributed by atoms with Crippen LogP contribution >= 0.6 is 11.6 Å². The van der Waals surface area contributed by atoms with Crippen LogP contribution in [0.2, 0.25) is 5.02 Å². The predicted molar refractivity (Wildman–Crippen MR) is 146 cm³/mol. The molecule has 0 fully saturated rings. The third-order valence-electron chi connectivity index (χ3n) is 7.85. The van der Waals surface area contributed by atoms with E-state index >= 15 is 0 Å². The molecule has 1 N–H and O–H groups in total. The molecule has 7 nitrogen and oxygen atoms in total. The average molecular weight is 550 g/mol. The molecule has 1 aromatic heterocycles. The first-order valence-corrected chi connectivity index (χ1v) is 13.9. The number of carbonyl (C=O) groups is 2. The number of aromatic nitrogens is 1. The molecule has 1 heterocycles. The molecule has 9 heteroatoms. The largest absolute Gasteiger partial charge is 0.294 e. The van der Waals surface area contributed by atoms with E-state index in [-0.39, 0.29) is 44.7 Å². The number of carbonyl (C=O) groups excluding carboxylic acids is 2. The summed E-state index contributed by atoms with van der Waals surface area (Å²) in [6, 6.07) is 14.6. The zero-order valence-corrected chi connectivity index (χ0v) is 23.4. The number of fused-ring (bicyclic) bond motifs is 1. The molecule has 1 atom stereocenters. The molecular formula is C29H28ClN3O4S. The Hall–Kier alpha value is -3.54. The van der Waals surface area contributed by atoms with Crippen molar-refractivity contribution >= 4 is 38.9 Å². The van der Waals surface area contributed by atoms with Gasteiger partial charge in [-0.15, -0.1) is 0 Å². The van der Waals surface area contributed by atoms with Gasteiger partial charge in [0.05, 0.1) is 32.7 Å². The number of nitriles is 1. The molecule has 4 rings (SSSR count). The van der Waals surface area contributed by atoms with E-state index in [9.17, 15) is 23.3 Å². The first-order chi connectivity index (χ1) is 17.7. The number of rotatable bonds is 6. The van der Waals surface area contributed by atoms with Crippen LogP contribution in [0.25, 0.3) is 0 Å². The van der Waals surface area contributed by atoms with Crippen molar-refractivity contribution in [3.05, 3.63) is 88.2 Å². The summed E-state index contributed by atoms with van der Waals surface area (Å²) in [5.74, 6) is -0.722. The van der Waals surface area contributed by atoms with Gasteiger partial charge in [-0.05, 0) is 55.3 Å². The number of hydrogen-bond donors (Lipinski definition) is 1. The summed E-state index contributed by atoms with van der Waals surface area (Å²) < 4.78 is 29.2. The van der Waals surface area contributed by atoms with Gasteiger partial charge >= 0.3 is 0 Å². The second-order valence-corrected chi connectivity index (χ2v) is 12.9. The number of Topliss-reactive ketones (excluding diaryl/α,β-unsaturated/α-hetero) is 2. The number of benzene rings is 2. The van der Waals surface area contributed by atoms with E-state index in [2.05, 4.69) is 15.8 Å². The molecule has 1 unspecified atom stereocenters. The fourth-order valence-corrected chi connectivity index (χ4v) is 6.15. The summed E-state index contributed by atoms with van der Waals surface area (Å²) in [7, 11) is -4.14.